The number of halogens is 1. The van der Waals surface area contributed by atoms with Crippen molar-refractivity contribution in [3.05, 3.63) is 35.6 Å². The zero-order valence-corrected chi connectivity index (χ0v) is 12.9. The van der Waals surface area contributed by atoms with E-state index >= 15 is 0 Å². The summed E-state index contributed by atoms with van der Waals surface area (Å²) in [5.74, 6) is -0.147. The van der Waals surface area contributed by atoms with E-state index in [4.69, 9.17) is 0 Å². The Hall–Kier alpha value is -0.970. The average Bonchev–Trinajstić information content (AvgIpc) is 3.33. The van der Waals surface area contributed by atoms with Crippen LogP contribution in [0, 0.1) is 5.82 Å². The van der Waals surface area contributed by atoms with E-state index in [1.165, 1.54) is 45.1 Å². The third kappa shape index (κ3) is 4.02. The minimum atomic E-state index is -0.147. The van der Waals surface area contributed by atoms with Crippen LogP contribution in [0.3, 0.4) is 0 Å². The van der Waals surface area contributed by atoms with Gasteiger partial charge in [-0.25, -0.2) is 4.39 Å². The zero-order valence-electron chi connectivity index (χ0n) is 12.9. The molecule has 2 fully saturated rings. The van der Waals surface area contributed by atoms with Crippen LogP contribution in [-0.2, 0) is 0 Å². The van der Waals surface area contributed by atoms with Gasteiger partial charge in [-0.15, -0.1) is 0 Å². The minimum Gasteiger partial charge on any atom is -0.313 e. The molecule has 1 N–H and O–H groups in total. The van der Waals surface area contributed by atoms with E-state index in [0.717, 1.165) is 24.6 Å². The Bertz CT molecular complexity index is 453. The van der Waals surface area contributed by atoms with E-state index in [1.807, 2.05) is 13.1 Å². The second-order valence-corrected chi connectivity index (χ2v) is 6.29. The Balaban J connectivity index is 1.47. The Kier molecular flexibility index (Phi) is 4.88. The van der Waals surface area contributed by atoms with Crippen molar-refractivity contribution in [3.8, 4) is 0 Å². The van der Waals surface area contributed by atoms with Gasteiger partial charge in [-0.2, -0.15) is 0 Å². The minimum absolute atomic E-state index is 0.147. The van der Waals surface area contributed by atoms with Gasteiger partial charge in [0.2, 0.25) is 0 Å². The summed E-state index contributed by atoms with van der Waals surface area (Å²) >= 11 is 0. The number of rotatable bonds is 6. The van der Waals surface area contributed by atoms with E-state index in [2.05, 4.69) is 15.1 Å². The second kappa shape index (κ2) is 6.86. The van der Waals surface area contributed by atoms with E-state index in [0.29, 0.717) is 0 Å². The first-order valence-electron chi connectivity index (χ1n) is 8.15. The molecule has 3 rings (SSSR count). The van der Waals surface area contributed by atoms with Crippen molar-refractivity contribution in [2.75, 3.05) is 39.8 Å². The van der Waals surface area contributed by atoms with Crippen LogP contribution in [0.15, 0.2) is 24.3 Å². The van der Waals surface area contributed by atoms with E-state index in [9.17, 15) is 4.39 Å². The molecule has 2 aliphatic rings. The fourth-order valence-corrected chi connectivity index (χ4v) is 3.30. The number of hydrogen-bond acceptors (Lipinski definition) is 3. The van der Waals surface area contributed by atoms with Gasteiger partial charge in [0.15, 0.2) is 0 Å². The van der Waals surface area contributed by atoms with Crippen LogP contribution in [-0.4, -0.2) is 55.6 Å². The number of benzene rings is 1. The third-order valence-electron chi connectivity index (χ3n) is 4.80. The lowest BCUT2D eigenvalue weighted by atomic mass is 10.0. The number of piperazine rings is 1. The van der Waals surface area contributed by atoms with Crippen molar-refractivity contribution in [3.63, 3.8) is 0 Å². The van der Waals surface area contributed by atoms with Crippen molar-refractivity contribution in [2.45, 2.75) is 31.3 Å². The van der Waals surface area contributed by atoms with Crippen LogP contribution >= 0.6 is 0 Å². The van der Waals surface area contributed by atoms with Gasteiger partial charge in [0.05, 0.1) is 0 Å². The van der Waals surface area contributed by atoms with Crippen molar-refractivity contribution in [2.24, 2.45) is 0 Å². The quantitative estimate of drug-likeness (QED) is 0.867. The molecule has 1 heterocycles. The third-order valence-corrected chi connectivity index (χ3v) is 4.80. The zero-order chi connectivity index (χ0) is 14.7. The molecule has 0 amide bonds. The van der Waals surface area contributed by atoms with Crippen LogP contribution < -0.4 is 5.32 Å². The number of nitrogens with one attached hydrogen (secondary N) is 1. The number of hydrogen-bond donors (Lipinski definition) is 1. The van der Waals surface area contributed by atoms with E-state index in [-0.39, 0.29) is 11.9 Å². The van der Waals surface area contributed by atoms with Crippen LogP contribution in [0.4, 0.5) is 4.39 Å². The van der Waals surface area contributed by atoms with Crippen LogP contribution in [0.5, 0.6) is 0 Å². The molecule has 4 heteroatoms. The Morgan fingerprint density at radius 3 is 2.62 bits per heavy atom. The molecule has 1 aliphatic heterocycles. The van der Waals surface area contributed by atoms with Gasteiger partial charge < -0.3 is 10.2 Å². The summed E-state index contributed by atoms with van der Waals surface area (Å²) in [5, 5.41) is 3.32. The first kappa shape index (κ1) is 14.9. The summed E-state index contributed by atoms with van der Waals surface area (Å²) in [4.78, 5) is 5.18. The fourth-order valence-electron chi connectivity index (χ4n) is 3.30. The molecule has 1 saturated heterocycles. The molecule has 0 radical (unpaired) electrons. The van der Waals surface area contributed by atoms with Gasteiger partial charge in [0.25, 0.3) is 0 Å². The monoisotopic (exact) mass is 291 g/mol. The highest BCUT2D eigenvalue weighted by Gasteiger charge is 2.31. The molecular formula is C17H26FN3. The van der Waals surface area contributed by atoms with Gasteiger partial charge in [0, 0.05) is 44.8 Å². The van der Waals surface area contributed by atoms with E-state index < -0.39 is 0 Å². The second-order valence-electron chi connectivity index (χ2n) is 6.29. The maximum Gasteiger partial charge on any atom is 0.123 e. The highest BCUT2D eigenvalue weighted by atomic mass is 19.1. The lowest BCUT2D eigenvalue weighted by molar-refractivity contribution is 0.123. The summed E-state index contributed by atoms with van der Waals surface area (Å²) in [7, 11) is 1.96. The maximum absolute atomic E-state index is 13.3. The Morgan fingerprint density at radius 2 is 2.00 bits per heavy atom. The SMILES string of the molecule is CNC(CCN1CCN(C2CC2)CC1)c1cccc(F)c1. The molecule has 3 nitrogen and oxygen atoms in total. The van der Waals surface area contributed by atoms with Gasteiger partial charge in [-0.1, -0.05) is 12.1 Å². The largest absolute Gasteiger partial charge is 0.313 e. The summed E-state index contributed by atoms with van der Waals surface area (Å²) < 4.78 is 13.3. The van der Waals surface area contributed by atoms with Crippen LogP contribution in [0.25, 0.3) is 0 Å². The molecule has 1 unspecified atom stereocenters. The van der Waals surface area contributed by atoms with Gasteiger partial charge in [0.1, 0.15) is 5.82 Å². The van der Waals surface area contributed by atoms with Crippen molar-refractivity contribution >= 4 is 0 Å². The molecule has 21 heavy (non-hydrogen) atoms. The molecule has 116 valence electrons. The highest BCUT2D eigenvalue weighted by molar-refractivity contribution is 5.20. The molecule has 0 aromatic heterocycles. The predicted octanol–water partition coefficient (Wildman–Crippen LogP) is 2.26. The standard InChI is InChI=1S/C17H26FN3/c1-19-17(14-3-2-4-15(18)13-14)7-8-20-9-11-21(12-10-20)16-5-6-16/h2-4,13,16-17,19H,5-12H2,1H3. The Morgan fingerprint density at radius 1 is 1.24 bits per heavy atom. The molecule has 1 saturated carbocycles. The predicted molar refractivity (Wildman–Crippen MR) is 83.9 cm³/mol. The molecule has 0 bridgehead atoms. The number of nitrogens with zero attached hydrogens (tertiary/aromatic N) is 2. The van der Waals surface area contributed by atoms with Crippen LogP contribution in [0.1, 0.15) is 30.9 Å². The average molecular weight is 291 g/mol. The maximum atomic E-state index is 13.3. The van der Waals surface area contributed by atoms with Crippen molar-refractivity contribution in [1.82, 2.24) is 15.1 Å². The smallest absolute Gasteiger partial charge is 0.123 e. The lowest BCUT2D eigenvalue weighted by Crippen LogP contribution is -2.47. The fraction of sp³-hybridized carbons (Fsp3) is 0.647. The molecular weight excluding hydrogens is 265 g/mol. The highest BCUT2D eigenvalue weighted by Crippen LogP contribution is 2.27. The van der Waals surface area contributed by atoms with Gasteiger partial charge >= 0.3 is 0 Å². The van der Waals surface area contributed by atoms with E-state index in [1.54, 1.807) is 12.1 Å². The normalized spacial score (nSPS) is 22.4. The van der Waals surface area contributed by atoms with Gasteiger partial charge in [-0.05, 0) is 44.0 Å². The summed E-state index contributed by atoms with van der Waals surface area (Å²) in [6.07, 6.45) is 3.84. The molecule has 1 aromatic rings. The topological polar surface area (TPSA) is 18.5 Å². The summed E-state index contributed by atoms with van der Waals surface area (Å²) in [6, 6.07) is 8.09. The van der Waals surface area contributed by atoms with Crippen molar-refractivity contribution < 1.29 is 4.39 Å². The first-order valence-corrected chi connectivity index (χ1v) is 8.15. The molecule has 0 spiro atoms. The Labute approximate surface area is 127 Å². The summed E-state index contributed by atoms with van der Waals surface area (Å²) in [6.45, 7) is 5.87. The summed E-state index contributed by atoms with van der Waals surface area (Å²) in [5.41, 5.74) is 1.05. The van der Waals surface area contributed by atoms with Gasteiger partial charge in [-0.3, -0.25) is 4.90 Å². The van der Waals surface area contributed by atoms with Crippen molar-refractivity contribution in [1.29, 1.82) is 0 Å². The lowest BCUT2D eigenvalue weighted by Gasteiger charge is -2.35. The van der Waals surface area contributed by atoms with Crippen LogP contribution in [0.2, 0.25) is 0 Å². The molecule has 1 atom stereocenters. The molecule has 1 aromatic carbocycles. The molecule has 1 aliphatic carbocycles. The first-order chi connectivity index (χ1) is 10.3.